The van der Waals surface area contributed by atoms with Gasteiger partial charge in [0.2, 0.25) is 0 Å². The third-order valence-corrected chi connectivity index (χ3v) is 3.70. The number of benzene rings is 1. The van der Waals surface area contributed by atoms with Gasteiger partial charge in [0.1, 0.15) is 5.75 Å². The van der Waals surface area contributed by atoms with Crippen molar-refractivity contribution in [1.82, 2.24) is 0 Å². The minimum absolute atomic E-state index is 0.0767. The molecular weight excluding hydrogens is 264 g/mol. The molecule has 0 aliphatic carbocycles. The van der Waals surface area contributed by atoms with E-state index in [9.17, 15) is 5.11 Å². The summed E-state index contributed by atoms with van der Waals surface area (Å²) in [5, 5.41) is 18.7. The average Bonchev–Trinajstić information content (AvgIpc) is 2.43. The van der Waals surface area contributed by atoms with E-state index < -0.39 is 6.10 Å². The fourth-order valence-electron chi connectivity index (χ4n) is 2.35. The maximum Gasteiger partial charge on any atom is 0.122 e. The monoisotopic (exact) mass is 294 g/mol. The lowest BCUT2D eigenvalue weighted by molar-refractivity contribution is 0.0832. The molecule has 0 aliphatic rings. The first-order valence-corrected chi connectivity index (χ1v) is 7.85. The Labute approximate surface area is 129 Å². The zero-order valence-electron chi connectivity index (χ0n) is 14.0. The highest BCUT2D eigenvalue weighted by atomic mass is 16.5. The summed E-state index contributed by atoms with van der Waals surface area (Å²) < 4.78 is 5.85. The molecule has 0 aliphatic heterocycles. The maximum absolute atomic E-state index is 9.69. The number of aliphatic hydroxyl groups is 2. The van der Waals surface area contributed by atoms with E-state index in [1.807, 2.05) is 6.07 Å². The van der Waals surface area contributed by atoms with Gasteiger partial charge in [-0.2, -0.15) is 0 Å². The van der Waals surface area contributed by atoms with Gasteiger partial charge in [0, 0.05) is 0 Å². The lowest BCUT2D eigenvalue weighted by Crippen LogP contribution is -2.17. The highest BCUT2D eigenvalue weighted by Gasteiger charge is 2.20. The van der Waals surface area contributed by atoms with E-state index >= 15 is 0 Å². The number of ether oxygens (including phenoxy) is 1. The Morgan fingerprint density at radius 1 is 1.24 bits per heavy atom. The Balaban J connectivity index is 3.09. The second kappa shape index (κ2) is 7.81. The van der Waals surface area contributed by atoms with E-state index in [4.69, 9.17) is 9.84 Å². The van der Waals surface area contributed by atoms with E-state index in [1.54, 1.807) is 0 Å². The molecule has 120 valence electrons. The van der Waals surface area contributed by atoms with Crippen LogP contribution in [0.15, 0.2) is 18.2 Å². The molecule has 0 saturated carbocycles. The van der Waals surface area contributed by atoms with Crippen molar-refractivity contribution < 1.29 is 14.9 Å². The third kappa shape index (κ3) is 5.33. The summed E-state index contributed by atoms with van der Waals surface area (Å²) in [6.45, 7) is 11.2. The molecule has 1 aromatic rings. The van der Waals surface area contributed by atoms with Crippen LogP contribution >= 0.6 is 0 Å². The van der Waals surface area contributed by atoms with Crippen molar-refractivity contribution >= 4 is 0 Å². The van der Waals surface area contributed by atoms with Crippen LogP contribution in [-0.4, -0.2) is 29.5 Å². The lowest BCUT2D eigenvalue weighted by Gasteiger charge is -2.24. The van der Waals surface area contributed by atoms with Crippen LogP contribution in [0.5, 0.6) is 5.75 Å². The smallest absolute Gasteiger partial charge is 0.122 e. The second-order valence-electron chi connectivity index (χ2n) is 6.82. The van der Waals surface area contributed by atoms with E-state index in [0.29, 0.717) is 13.0 Å². The molecule has 2 N–H and O–H groups in total. The van der Waals surface area contributed by atoms with Gasteiger partial charge >= 0.3 is 0 Å². The largest absolute Gasteiger partial charge is 0.493 e. The molecule has 0 radical (unpaired) electrons. The van der Waals surface area contributed by atoms with Gasteiger partial charge in [0.15, 0.2) is 0 Å². The summed E-state index contributed by atoms with van der Waals surface area (Å²) in [4.78, 5) is 0. The molecule has 1 aromatic carbocycles. The molecular formula is C18H30O3. The van der Waals surface area contributed by atoms with E-state index in [-0.39, 0.29) is 17.9 Å². The quantitative estimate of drug-likeness (QED) is 0.807. The van der Waals surface area contributed by atoms with Crippen molar-refractivity contribution in [2.24, 2.45) is 0 Å². The minimum atomic E-state index is -0.683. The molecule has 0 spiro atoms. The number of hydrogen-bond donors (Lipinski definition) is 2. The van der Waals surface area contributed by atoms with Gasteiger partial charge in [0.25, 0.3) is 0 Å². The molecule has 21 heavy (non-hydrogen) atoms. The zero-order chi connectivity index (χ0) is 16.0. The van der Waals surface area contributed by atoms with Gasteiger partial charge in [0.05, 0.1) is 19.3 Å². The fraction of sp³-hybridized carbons (Fsp3) is 0.667. The van der Waals surface area contributed by atoms with E-state index in [1.165, 1.54) is 5.56 Å². The predicted octanol–water partition coefficient (Wildman–Crippen LogP) is 3.62. The molecule has 0 bridgehead atoms. The molecule has 3 heteroatoms. The molecule has 0 heterocycles. The molecule has 0 fully saturated rings. The first kappa shape index (κ1) is 18.0. The van der Waals surface area contributed by atoms with Crippen molar-refractivity contribution in [1.29, 1.82) is 0 Å². The summed E-state index contributed by atoms with van der Waals surface area (Å²) in [7, 11) is 0. The number of hydrogen-bond acceptors (Lipinski definition) is 3. The van der Waals surface area contributed by atoms with Gasteiger partial charge in [-0.15, -0.1) is 0 Å². The van der Waals surface area contributed by atoms with Crippen molar-refractivity contribution in [3.8, 4) is 5.75 Å². The van der Waals surface area contributed by atoms with Gasteiger partial charge in [-0.1, -0.05) is 46.8 Å². The minimum Gasteiger partial charge on any atom is -0.493 e. The van der Waals surface area contributed by atoms with Crippen LogP contribution < -0.4 is 4.74 Å². The van der Waals surface area contributed by atoms with Crippen LogP contribution in [0.4, 0.5) is 0 Å². The van der Waals surface area contributed by atoms with Gasteiger partial charge in [-0.25, -0.2) is 0 Å². The summed E-state index contributed by atoms with van der Waals surface area (Å²) in [6.07, 6.45) is 0.818. The molecule has 0 saturated heterocycles. The molecule has 3 nitrogen and oxygen atoms in total. The summed E-state index contributed by atoms with van der Waals surface area (Å²) in [6, 6.07) is 6.33. The molecule has 1 rings (SSSR count). The Hall–Kier alpha value is -1.06. The molecule has 2 atom stereocenters. The Morgan fingerprint density at radius 2 is 1.90 bits per heavy atom. The highest BCUT2D eigenvalue weighted by Crippen LogP contribution is 2.34. The van der Waals surface area contributed by atoms with Gasteiger partial charge in [-0.05, 0) is 41.4 Å². The predicted molar refractivity (Wildman–Crippen MR) is 87.1 cm³/mol. The normalized spacial score (nSPS) is 14.8. The first-order chi connectivity index (χ1) is 9.79. The van der Waals surface area contributed by atoms with Gasteiger partial charge < -0.3 is 14.9 Å². The SMILES string of the molecule is CCCOc1ccc(C(C)(C)C)cc1C(C)CC(O)CO. The van der Waals surface area contributed by atoms with Crippen LogP contribution in [0.2, 0.25) is 0 Å². The van der Waals surface area contributed by atoms with Crippen molar-refractivity contribution in [2.45, 2.75) is 64.9 Å². The Kier molecular flexibility index (Phi) is 6.69. The summed E-state index contributed by atoms with van der Waals surface area (Å²) >= 11 is 0. The van der Waals surface area contributed by atoms with Gasteiger partial charge in [-0.3, -0.25) is 0 Å². The van der Waals surface area contributed by atoms with Crippen molar-refractivity contribution in [3.63, 3.8) is 0 Å². The maximum atomic E-state index is 9.69. The van der Waals surface area contributed by atoms with Crippen LogP contribution in [0, 0.1) is 0 Å². The fourth-order valence-corrected chi connectivity index (χ4v) is 2.35. The van der Waals surface area contributed by atoms with Crippen LogP contribution in [0.3, 0.4) is 0 Å². The van der Waals surface area contributed by atoms with E-state index in [0.717, 1.165) is 17.7 Å². The van der Waals surface area contributed by atoms with Crippen LogP contribution in [0.1, 0.15) is 64.5 Å². The summed E-state index contributed by atoms with van der Waals surface area (Å²) in [5.41, 5.74) is 2.45. The topological polar surface area (TPSA) is 49.7 Å². The zero-order valence-corrected chi connectivity index (χ0v) is 14.0. The van der Waals surface area contributed by atoms with Crippen molar-refractivity contribution in [3.05, 3.63) is 29.3 Å². The third-order valence-electron chi connectivity index (χ3n) is 3.70. The Bertz CT molecular complexity index is 435. The highest BCUT2D eigenvalue weighted by molar-refractivity contribution is 5.41. The second-order valence-corrected chi connectivity index (χ2v) is 6.82. The van der Waals surface area contributed by atoms with Crippen LogP contribution in [-0.2, 0) is 5.41 Å². The van der Waals surface area contributed by atoms with Crippen LogP contribution in [0.25, 0.3) is 0 Å². The summed E-state index contributed by atoms with van der Waals surface area (Å²) in [5.74, 6) is 1.03. The molecule has 0 aromatic heterocycles. The average molecular weight is 294 g/mol. The first-order valence-electron chi connectivity index (χ1n) is 7.85. The molecule has 0 amide bonds. The Morgan fingerprint density at radius 3 is 2.43 bits per heavy atom. The van der Waals surface area contributed by atoms with E-state index in [2.05, 4.69) is 46.8 Å². The number of aliphatic hydroxyl groups excluding tert-OH is 2. The van der Waals surface area contributed by atoms with Crippen molar-refractivity contribution in [2.75, 3.05) is 13.2 Å². The number of rotatable bonds is 7. The standard InChI is InChI=1S/C18H30O3/c1-6-9-21-17-8-7-14(18(3,4)5)11-16(17)13(2)10-15(20)12-19/h7-8,11,13,15,19-20H,6,9-10,12H2,1-5H3. The molecule has 2 unspecified atom stereocenters. The lowest BCUT2D eigenvalue weighted by atomic mass is 9.83.